The van der Waals surface area contributed by atoms with Crippen molar-refractivity contribution in [1.82, 2.24) is 4.31 Å². The van der Waals surface area contributed by atoms with E-state index in [1.54, 1.807) is 0 Å². The van der Waals surface area contributed by atoms with Gasteiger partial charge in [-0.1, -0.05) is 0 Å². The Morgan fingerprint density at radius 2 is 2.07 bits per heavy atom. The summed E-state index contributed by atoms with van der Waals surface area (Å²) in [5.41, 5.74) is -0.965. The lowest BCUT2D eigenvalue weighted by atomic mass is 9.95. The number of carbonyl (C=O) groups excluding carboxylic acids is 2. The third-order valence-electron chi connectivity index (χ3n) is 2.18. The Balaban J connectivity index is 2.98. The second-order valence-electron chi connectivity index (χ2n) is 4.03. The molecule has 1 rings (SSSR count). The average molecular weight is 235 g/mol. The summed E-state index contributed by atoms with van der Waals surface area (Å²) in [7, 11) is -2.53. The molecule has 0 aromatic carbocycles. The molecule has 0 unspecified atom stereocenters. The first kappa shape index (κ1) is 12.0. The molecule has 0 spiro atoms. The van der Waals surface area contributed by atoms with E-state index in [0.717, 1.165) is 7.11 Å². The van der Waals surface area contributed by atoms with Gasteiger partial charge in [0.05, 0.1) is 18.3 Å². The molecule has 0 radical (unpaired) electrons. The van der Waals surface area contributed by atoms with Gasteiger partial charge in [0.15, 0.2) is 0 Å². The van der Waals surface area contributed by atoms with Crippen LogP contribution in [0.4, 0.5) is 0 Å². The number of rotatable bonds is 2. The number of nitrogens with zero attached hydrogens (tertiary/aromatic N) is 1. The number of amides is 1. The molecule has 86 valence electrons. The fourth-order valence-electron chi connectivity index (χ4n) is 1.41. The topological polar surface area (TPSA) is 80.8 Å². The molecule has 0 N–H and O–H groups in total. The number of esters is 1. The minimum Gasteiger partial charge on any atom is -0.468 e. The second kappa shape index (κ2) is 3.48. The molecular weight excluding hydrogens is 222 g/mol. The van der Waals surface area contributed by atoms with E-state index in [1.165, 1.54) is 13.8 Å². The predicted octanol–water partition coefficient (Wildman–Crippen LogP) is -0.642. The quantitative estimate of drug-likeness (QED) is 0.594. The molecule has 7 heteroatoms. The van der Waals surface area contributed by atoms with Gasteiger partial charge >= 0.3 is 5.97 Å². The number of hydrogen-bond acceptors (Lipinski definition) is 5. The third-order valence-corrected chi connectivity index (χ3v) is 4.24. The Labute approximate surface area is 88.2 Å². The number of carbonyl (C=O) groups is 2. The van der Waals surface area contributed by atoms with Gasteiger partial charge in [-0.2, -0.15) is 0 Å². The van der Waals surface area contributed by atoms with Crippen LogP contribution >= 0.6 is 0 Å². The van der Waals surface area contributed by atoms with Gasteiger partial charge in [0.2, 0.25) is 15.9 Å². The second-order valence-corrected chi connectivity index (χ2v) is 5.92. The van der Waals surface area contributed by atoms with E-state index in [1.807, 2.05) is 0 Å². The van der Waals surface area contributed by atoms with Gasteiger partial charge in [-0.15, -0.1) is 0 Å². The Morgan fingerprint density at radius 3 is 2.40 bits per heavy atom. The van der Waals surface area contributed by atoms with Crippen molar-refractivity contribution >= 4 is 21.9 Å². The van der Waals surface area contributed by atoms with Gasteiger partial charge in [-0.3, -0.25) is 9.59 Å². The highest BCUT2D eigenvalue weighted by Gasteiger charge is 2.49. The molecule has 0 aliphatic carbocycles. The van der Waals surface area contributed by atoms with Crippen molar-refractivity contribution in [1.29, 1.82) is 0 Å². The summed E-state index contributed by atoms with van der Waals surface area (Å²) in [5.74, 6) is -1.58. The molecular formula is C8H13NO5S. The van der Waals surface area contributed by atoms with Crippen molar-refractivity contribution in [2.45, 2.75) is 13.8 Å². The summed E-state index contributed by atoms with van der Waals surface area (Å²) in [6, 6.07) is 0. The molecule has 1 aliphatic heterocycles. The van der Waals surface area contributed by atoms with E-state index in [4.69, 9.17) is 0 Å². The van der Waals surface area contributed by atoms with Gasteiger partial charge < -0.3 is 4.74 Å². The van der Waals surface area contributed by atoms with Crippen LogP contribution in [0.15, 0.2) is 0 Å². The highest BCUT2D eigenvalue weighted by atomic mass is 32.2. The van der Waals surface area contributed by atoms with Crippen LogP contribution < -0.4 is 0 Å². The Kier molecular flexibility index (Phi) is 2.77. The molecule has 0 aromatic rings. The van der Waals surface area contributed by atoms with Gasteiger partial charge in [0.1, 0.15) is 6.54 Å². The summed E-state index contributed by atoms with van der Waals surface area (Å²) < 4.78 is 28.0. The van der Waals surface area contributed by atoms with Crippen molar-refractivity contribution in [2.75, 3.05) is 19.4 Å². The molecule has 6 nitrogen and oxygen atoms in total. The van der Waals surface area contributed by atoms with Crippen LogP contribution in [-0.2, 0) is 24.3 Å². The van der Waals surface area contributed by atoms with Crippen molar-refractivity contribution in [3.05, 3.63) is 0 Å². The van der Waals surface area contributed by atoms with Crippen LogP contribution in [0.5, 0.6) is 0 Å². The van der Waals surface area contributed by atoms with Gasteiger partial charge in [0, 0.05) is 0 Å². The molecule has 0 bridgehead atoms. The van der Waals surface area contributed by atoms with Gasteiger partial charge in [-0.25, -0.2) is 12.7 Å². The fraction of sp³-hybridized carbons (Fsp3) is 0.750. The molecule has 1 amide bonds. The SMILES string of the molecule is COC(=O)CN1C(=O)C(C)(C)CS1(=O)=O. The van der Waals surface area contributed by atoms with Crippen LogP contribution in [0.3, 0.4) is 0 Å². The lowest BCUT2D eigenvalue weighted by Gasteiger charge is -2.15. The zero-order chi connectivity index (χ0) is 11.9. The van der Waals surface area contributed by atoms with E-state index in [2.05, 4.69) is 4.74 Å². The van der Waals surface area contributed by atoms with E-state index in [0.29, 0.717) is 4.31 Å². The van der Waals surface area contributed by atoms with Crippen LogP contribution in [-0.4, -0.2) is 44.0 Å². The highest BCUT2D eigenvalue weighted by Crippen LogP contribution is 2.31. The van der Waals surface area contributed by atoms with Crippen molar-refractivity contribution in [2.24, 2.45) is 5.41 Å². The minimum atomic E-state index is -3.67. The van der Waals surface area contributed by atoms with Crippen molar-refractivity contribution in [3.8, 4) is 0 Å². The third kappa shape index (κ3) is 2.11. The van der Waals surface area contributed by atoms with E-state index >= 15 is 0 Å². The van der Waals surface area contributed by atoms with Gasteiger partial charge in [-0.05, 0) is 13.8 Å². The summed E-state index contributed by atoms with van der Waals surface area (Å²) in [6.45, 7) is 2.52. The van der Waals surface area contributed by atoms with E-state index in [9.17, 15) is 18.0 Å². The summed E-state index contributed by atoms with van der Waals surface area (Å²) >= 11 is 0. The smallest absolute Gasteiger partial charge is 0.326 e. The monoisotopic (exact) mass is 235 g/mol. The predicted molar refractivity (Wildman–Crippen MR) is 51.3 cm³/mol. The Bertz CT molecular complexity index is 397. The first-order valence-electron chi connectivity index (χ1n) is 4.32. The maximum atomic E-state index is 11.6. The largest absolute Gasteiger partial charge is 0.468 e. The maximum Gasteiger partial charge on any atom is 0.326 e. The average Bonchev–Trinajstić information content (AvgIpc) is 2.23. The fourth-order valence-corrected chi connectivity index (χ4v) is 3.40. The molecule has 1 fully saturated rings. The lowest BCUT2D eigenvalue weighted by molar-refractivity contribution is -0.145. The highest BCUT2D eigenvalue weighted by molar-refractivity contribution is 7.90. The van der Waals surface area contributed by atoms with Crippen LogP contribution in [0, 0.1) is 5.41 Å². The number of hydrogen-bond donors (Lipinski definition) is 0. The molecule has 0 atom stereocenters. The van der Waals surface area contributed by atoms with Crippen LogP contribution in [0.2, 0.25) is 0 Å². The number of ether oxygens (including phenoxy) is 1. The summed E-state index contributed by atoms with van der Waals surface area (Å²) in [4.78, 5) is 22.6. The molecule has 0 saturated carbocycles. The molecule has 0 aromatic heterocycles. The maximum absolute atomic E-state index is 11.6. The van der Waals surface area contributed by atoms with Crippen molar-refractivity contribution in [3.63, 3.8) is 0 Å². The normalized spacial score (nSPS) is 22.9. The molecule has 1 heterocycles. The van der Waals surface area contributed by atoms with Crippen LogP contribution in [0.1, 0.15) is 13.8 Å². The molecule has 1 saturated heterocycles. The number of sulfonamides is 1. The zero-order valence-corrected chi connectivity index (χ0v) is 9.63. The Hall–Kier alpha value is -1.11. The number of methoxy groups -OCH3 is 1. The standard InChI is InChI=1S/C8H13NO5S/c1-8(2)5-15(12,13)9(7(8)11)4-6(10)14-3/h4-5H2,1-3H3. The van der Waals surface area contributed by atoms with E-state index < -0.39 is 33.9 Å². The summed E-state index contributed by atoms with van der Waals surface area (Å²) in [6.07, 6.45) is 0. The molecule has 1 aliphatic rings. The van der Waals surface area contributed by atoms with E-state index in [-0.39, 0.29) is 5.75 Å². The van der Waals surface area contributed by atoms with Crippen molar-refractivity contribution < 1.29 is 22.7 Å². The van der Waals surface area contributed by atoms with Gasteiger partial charge in [0.25, 0.3) is 0 Å². The molecule has 15 heavy (non-hydrogen) atoms. The first-order chi connectivity index (χ1) is 6.70. The first-order valence-corrected chi connectivity index (χ1v) is 5.93. The lowest BCUT2D eigenvalue weighted by Crippen LogP contribution is -2.37. The zero-order valence-electron chi connectivity index (χ0n) is 8.81. The summed E-state index contributed by atoms with van der Waals surface area (Å²) in [5, 5.41) is 0. The minimum absolute atomic E-state index is 0.268. The Morgan fingerprint density at radius 1 is 1.53 bits per heavy atom. The van der Waals surface area contributed by atoms with Crippen LogP contribution in [0.25, 0.3) is 0 Å².